The van der Waals surface area contributed by atoms with E-state index in [0.29, 0.717) is 21.4 Å². The van der Waals surface area contributed by atoms with Crippen molar-refractivity contribution < 1.29 is 9.21 Å². The third-order valence-electron chi connectivity index (χ3n) is 2.39. The van der Waals surface area contributed by atoms with E-state index >= 15 is 0 Å². The van der Waals surface area contributed by atoms with E-state index in [4.69, 9.17) is 27.6 Å². The minimum atomic E-state index is 0.0231. The van der Waals surface area contributed by atoms with Crippen LogP contribution >= 0.6 is 23.2 Å². The van der Waals surface area contributed by atoms with E-state index < -0.39 is 0 Å². The molecular weight excluding hydrogens is 259 g/mol. The van der Waals surface area contributed by atoms with Gasteiger partial charge in [-0.15, -0.1) is 0 Å². The molecule has 0 saturated heterocycles. The zero-order valence-corrected chi connectivity index (χ0v) is 10.5. The van der Waals surface area contributed by atoms with Crippen molar-refractivity contribution in [1.29, 1.82) is 0 Å². The van der Waals surface area contributed by atoms with Gasteiger partial charge in [0.15, 0.2) is 0 Å². The number of furan rings is 1. The molecule has 2 nitrogen and oxygen atoms in total. The maximum absolute atomic E-state index is 11.8. The average Bonchev–Trinajstić information content (AvgIpc) is 2.76. The van der Waals surface area contributed by atoms with E-state index in [1.54, 1.807) is 36.6 Å². The van der Waals surface area contributed by atoms with Gasteiger partial charge >= 0.3 is 0 Å². The van der Waals surface area contributed by atoms with Crippen molar-refractivity contribution in [1.82, 2.24) is 0 Å². The number of hydrogen-bond donors (Lipinski definition) is 0. The summed E-state index contributed by atoms with van der Waals surface area (Å²) < 4.78 is 5.12. The van der Waals surface area contributed by atoms with Gasteiger partial charge in [0.25, 0.3) is 0 Å². The van der Waals surface area contributed by atoms with Crippen LogP contribution in [0.2, 0.25) is 10.0 Å². The van der Waals surface area contributed by atoms with Crippen LogP contribution in [-0.4, -0.2) is 5.78 Å². The van der Waals surface area contributed by atoms with E-state index in [1.165, 1.54) is 0 Å². The zero-order chi connectivity index (χ0) is 12.3. The molecule has 88 valence electrons. The molecule has 1 aromatic heterocycles. The molecule has 1 aromatic carbocycles. The molecule has 0 N–H and O–H groups in total. The van der Waals surface area contributed by atoms with Crippen LogP contribution in [0.5, 0.6) is 0 Å². The SMILES string of the molecule is O=C(Cc1ccco1)Cc1c(Cl)cccc1Cl. The number of carbonyl (C=O) groups is 1. The fraction of sp³-hybridized carbons (Fsp3) is 0.154. The summed E-state index contributed by atoms with van der Waals surface area (Å²) in [4.78, 5) is 11.8. The Morgan fingerprint density at radius 1 is 1.06 bits per heavy atom. The molecule has 1 heterocycles. The van der Waals surface area contributed by atoms with E-state index in [-0.39, 0.29) is 18.6 Å². The topological polar surface area (TPSA) is 30.2 Å². The first-order valence-electron chi connectivity index (χ1n) is 5.14. The van der Waals surface area contributed by atoms with Crippen molar-refractivity contribution in [3.8, 4) is 0 Å². The summed E-state index contributed by atoms with van der Waals surface area (Å²) in [6.45, 7) is 0. The maximum atomic E-state index is 11.8. The number of halogens is 2. The number of ketones is 1. The first-order chi connectivity index (χ1) is 8.16. The lowest BCUT2D eigenvalue weighted by Gasteiger charge is -2.05. The number of benzene rings is 1. The normalized spacial score (nSPS) is 10.5. The Hall–Kier alpha value is -1.25. The summed E-state index contributed by atoms with van der Waals surface area (Å²) in [5.74, 6) is 0.674. The Balaban J connectivity index is 2.08. The average molecular weight is 269 g/mol. The van der Waals surface area contributed by atoms with Gasteiger partial charge in [0.1, 0.15) is 11.5 Å². The summed E-state index contributed by atoms with van der Waals surface area (Å²) >= 11 is 12.0. The van der Waals surface area contributed by atoms with Gasteiger partial charge in [-0.1, -0.05) is 29.3 Å². The van der Waals surface area contributed by atoms with Crippen LogP contribution in [0.3, 0.4) is 0 Å². The Kier molecular flexibility index (Phi) is 3.87. The number of rotatable bonds is 4. The highest BCUT2D eigenvalue weighted by Gasteiger charge is 2.12. The molecule has 0 aliphatic heterocycles. The molecule has 0 saturated carbocycles. The van der Waals surface area contributed by atoms with Crippen molar-refractivity contribution in [2.45, 2.75) is 12.8 Å². The molecule has 17 heavy (non-hydrogen) atoms. The van der Waals surface area contributed by atoms with E-state index in [9.17, 15) is 4.79 Å². The molecule has 0 unspecified atom stereocenters. The second-order valence-corrected chi connectivity index (χ2v) is 4.49. The van der Waals surface area contributed by atoms with Crippen molar-refractivity contribution in [2.24, 2.45) is 0 Å². The van der Waals surface area contributed by atoms with Crippen LogP contribution in [0.25, 0.3) is 0 Å². The van der Waals surface area contributed by atoms with E-state index in [2.05, 4.69) is 0 Å². The predicted octanol–water partition coefficient (Wildman–Crippen LogP) is 3.94. The molecule has 0 radical (unpaired) electrons. The van der Waals surface area contributed by atoms with Gasteiger partial charge in [0.05, 0.1) is 12.7 Å². The van der Waals surface area contributed by atoms with Gasteiger partial charge in [0.2, 0.25) is 0 Å². The van der Waals surface area contributed by atoms with E-state index in [1.807, 2.05) is 0 Å². The Morgan fingerprint density at radius 3 is 2.35 bits per heavy atom. The number of Topliss-reactive ketones (excluding diaryl/α,β-unsaturated/α-hetero) is 1. The highest BCUT2D eigenvalue weighted by molar-refractivity contribution is 6.36. The van der Waals surface area contributed by atoms with Crippen molar-refractivity contribution in [2.75, 3.05) is 0 Å². The monoisotopic (exact) mass is 268 g/mol. The lowest BCUT2D eigenvalue weighted by molar-refractivity contribution is -0.118. The second kappa shape index (κ2) is 5.39. The predicted molar refractivity (Wildman–Crippen MR) is 67.6 cm³/mol. The van der Waals surface area contributed by atoms with Gasteiger partial charge in [-0.05, 0) is 29.8 Å². The Bertz CT molecular complexity index is 498. The van der Waals surface area contributed by atoms with Crippen LogP contribution in [0, 0.1) is 0 Å². The van der Waals surface area contributed by atoms with Crippen molar-refractivity contribution in [3.05, 3.63) is 58.0 Å². The number of carbonyl (C=O) groups excluding carboxylic acids is 1. The molecule has 0 bridgehead atoms. The second-order valence-electron chi connectivity index (χ2n) is 3.67. The highest BCUT2D eigenvalue weighted by Crippen LogP contribution is 2.25. The standard InChI is InChI=1S/C13H10Cl2O2/c14-12-4-1-5-13(15)11(12)8-9(16)7-10-3-2-6-17-10/h1-6H,7-8H2. The molecule has 0 fully saturated rings. The molecule has 0 aliphatic carbocycles. The molecule has 0 amide bonds. The summed E-state index contributed by atoms with van der Waals surface area (Å²) in [6, 6.07) is 8.73. The number of hydrogen-bond acceptors (Lipinski definition) is 2. The summed E-state index contributed by atoms with van der Waals surface area (Å²) in [6.07, 6.45) is 2.03. The minimum Gasteiger partial charge on any atom is -0.469 e. The van der Waals surface area contributed by atoms with Crippen LogP contribution in [0.4, 0.5) is 0 Å². The van der Waals surface area contributed by atoms with Gasteiger partial charge in [0, 0.05) is 16.5 Å². The summed E-state index contributed by atoms with van der Waals surface area (Å²) in [5, 5.41) is 1.04. The smallest absolute Gasteiger partial charge is 0.144 e. The lowest BCUT2D eigenvalue weighted by atomic mass is 10.1. The summed E-state index contributed by atoms with van der Waals surface area (Å²) in [7, 11) is 0. The third-order valence-corrected chi connectivity index (χ3v) is 3.10. The molecule has 0 atom stereocenters. The largest absolute Gasteiger partial charge is 0.469 e. The molecule has 2 aromatic rings. The van der Waals surface area contributed by atoms with E-state index in [0.717, 1.165) is 0 Å². The molecule has 4 heteroatoms. The zero-order valence-electron chi connectivity index (χ0n) is 8.95. The highest BCUT2D eigenvalue weighted by atomic mass is 35.5. The van der Waals surface area contributed by atoms with Gasteiger partial charge in [-0.3, -0.25) is 4.79 Å². The molecule has 0 spiro atoms. The first kappa shape index (κ1) is 12.2. The van der Waals surface area contributed by atoms with Gasteiger partial charge in [-0.2, -0.15) is 0 Å². The van der Waals surface area contributed by atoms with Crippen molar-refractivity contribution >= 4 is 29.0 Å². The first-order valence-corrected chi connectivity index (χ1v) is 5.89. The quantitative estimate of drug-likeness (QED) is 0.841. The van der Waals surface area contributed by atoms with Crippen LogP contribution in [0.15, 0.2) is 41.0 Å². The Labute approximate surface area is 109 Å². The van der Waals surface area contributed by atoms with Crippen LogP contribution < -0.4 is 0 Å². The van der Waals surface area contributed by atoms with Crippen molar-refractivity contribution in [3.63, 3.8) is 0 Å². The fourth-order valence-corrected chi connectivity index (χ4v) is 2.10. The summed E-state index contributed by atoms with van der Waals surface area (Å²) in [5.41, 5.74) is 0.674. The maximum Gasteiger partial charge on any atom is 0.144 e. The van der Waals surface area contributed by atoms with Crippen LogP contribution in [-0.2, 0) is 17.6 Å². The van der Waals surface area contributed by atoms with Gasteiger partial charge < -0.3 is 4.42 Å². The minimum absolute atomic E-state index is 0.0231. The lowest BCUT2D eigenvalue weighted by Crippen LogP contribution is -2.06. The van der Waals surface area contributed by atoms with Crippen LogP contribution in [0.1, 0.15) is 11.3 Å². The molecular formula is C13H10Cl2O2. The fourth-order valence-electron chi connectivity index (χ4n) is 1.57. The van der Waals surface area contributed by atoms with Gasteiger partial charge in [-0.25, -0.2) is 0 Å². The molecule has 0 aliphatic rings. The third kappa shape index (κ3) is 3.11. The Morgan fingerprint density at radius 2 is 1.76 bits per heavy atom. The molecule has 2 rings (SSSR count).